The molecule has 0 unspecified atom stereocenters. The summed E-state index contributed by atoms with van der Waals surface area (Å²) in [7, 11) is 0. The number of aromatic amines is 2. The van der Waals surface area contributed by atoms with Gasteiger partial charge in [-0.1, -0.05) is 13.8 Å². The second kappa shape index (κ2) is 3.93. The first-order valence-corrected chi connectivity index (χ1v) is 4.04. The molecule has 0 saturated carbocycles. The lowest BCUT2D eigenvalue weighted by atomic mass is 10.2. The Bertz CT molecular complexity index is 349. The Morgan fingerprint density at radius 3 is 2.62 bits per heavy atom. The van der Waals surface area contributed by atoms with Crippen molar-refractivity contribution in [3.8, 4) is 5.88 Å². The fourth-order valence-corrected chi connectivity index (χ4v) is 0.780. The van der Waals surface area contributed by atoms with Gasteiger partial charge in [0.15, 0.2) is 5.88 Å². The summed E-state index contributed by atoms with van der Waals surface area (Å²) in [5, 5.41) is 0. The average molecular weight is 184 g/mol. The summed E-state index contributed by atoms with van der Waals surface area (Å²) < 4.78 is 5.15. The zero-order valence-corrected chi connectivity index (χ0v) is 7.59. The van der Waals surface area contributed by atoms with Crippen LogP contribution in [0.25, 0.3) is 0 Å². The molecule has 0 spiro atoms. The molecule has 1 heterocycles. The summed E-state index contributed by atoms with van der Waals surface area (Å²) in [6.45, 7) is 4.43. The quantitative estimate of drug-likeness (QED) is 0.699. The van der Waals surface area contributed by atoms with Crippen molar-refractivity contribution in [2.24, 2.45) is 5.92 Å². The van der Waals surface area contributed by atoms with Gasteiger partial charge in [0.2, 0.25) is 0 Å². The van der Waals surface area contributed by atoms with Gasteiger partial charge < -0.3 is 4.74 Å². The van der Waals surface area contributed by atoms with E-state index in [0.717, 1.165) is 0 Å². The van der Waals surface area contributed by atoms with Crippen molar-refractivity contribution in [1.29, 1.82) is 0 Å². The Morgan fingerprint density at radius 1 is 1.38 bits per heavy atom. The molecule has 2 N–H and O–H groups in total. The van der Waals surface area contributed by atoms with Crippen molar-refractivity contribution in [2.75, 3.05) is 6.61 Å². The Labute approximate surface area is 74.8 Å². The van der Waals surface area contributed by atoms with E-state index >= 15 is 0 Å². The number of nitrogens with one attached hydrogen (secondary N) is 2. The first kappa shape index (κ1) is 9.57. The van der Waals surface area contributed by atoms with Crippen LogP contribution in [-0.4, -0.2) is 16.6 Å². The van der Waals surface area contributed by atoms with Crippen LogP contribution in [0.3, 0.4) is 0 Å². The zero-order chi connectivity index (χ0) is 9.84. The van der Waals surface area contributed by atoms with Crippen molar-refractivity contribution in [1.82, 2.24) is 9.97 Å². The highest BCUT2D eigenvalue weighted by Gasteiger charge is 1.98. The molecule has 0 aromatic carbocycles. The normalized spacial score (nSPS) is 10.4. The summed E-state index contributed by atoms with van der Waals surface area (Å²) in [4.78, 5) is 26.0. The molecule has 1 aromatic rings. The molecule has 0 bridgehead atoms. The van der Waals surface area contributed by atoms with Crippen LogP contribution >= 0.6 is 0 Å². The Hall–Kier alpha value is -1.52. The minimum atomic E-state index is -0.550. The van der Waals surface area contributed by atoms with Gasteiger partial charge in [-0.2, -0.15) is 0 Å². The summed E-state index contributed by atoms with van der Waals surface area (Å²) in [5.41, 5.74) is -1.01. The minimum Gasteiger partial charge on any atom is -0.478 e. The second-order valence-corrected chi connectivity index (χ2v) is 3.16. The van der Waals surface area contributed by atoms with Gasteiger partial charge in [-0.3, -0.25) is 14.8 Å². The number of rotatable bonds is 3. The molecule has 72 valence electrons. The molecule has 0 amide bonds. The van der Waals surface area contributed by atoms with Crippen molar-refractivity contribution in [3.05, 3.63) is 26.9 Å². The van der Waals surface area contributed by atoms with Crippen molar-refractivity contribution >= 4 is 0 Å². The first-order valence-electron chi connectivity index (χ1n) is 4.04. The second-order valence-electron chi connectivity index (χ2n) is 3.16. The van der Waals surface area contributed by atoms with E-state index in [0.29, 0.717) is 12.5 Å². The minimum absolute atomic E-state index is 0.211. The summed E-state index contributed by atoms with van der Waals surface area (Å²) in [6, 6.07) is 1.21. The van der Waals surface area contributed by atoms with E-state index in [9.17, 15) is 9.59 Å². The van der Waals surface area contributed by atoms with Crippen LogP contribution in [0.4, 0.5) is 0 Å². The molecule has 5 nitrogen and oxygen atoms in total. The molecule has 5 heteroatoms. The SMILES string of the molecule is CC(C)COc1cc(=O)[nH]c(=O)[nH]1. The molecule has 0 atom stereocenters. The average Bonchev–Trinajstić information content (AvgIpc) is 1.99. The van der Waals surface area contributed by atoms with E-state index in [2.05, 4.69) is 9.97 Å². The molecule has 0 radical (unpaired) electrons. The predicted octanol–water partition coefficient (Wildman–Crippen LogP) is 0.0980. The lowest BCUT2D eigenvalue weighted by Crippen LogP contribution is -2.22. The van der Waals surface area contributed by atoms with E-state index in [1.807, 2.05) is 13.8 Å². The lowest BCUT2D eigenvalue weighted by molar-refractivity contribution is 0.260. The Morgan fingerprint density at radius 2 is 2.08 bits per heavy atom. The fourth-order valence-electron chi connectivity index (χ4n) is 0.780. The topological polar surface area (TPSA) is 75.0 Å². The van der Waals surface area contributed by atoms with Crippen LogP contribution in [0, 0.1) is 5.92 Å². The van der Waals surface area contributed by atoms with Gasteiger partial charge >= 0.3 is 5.69 Å². The van der Waals surface area contributed by atoms with Gasteiger partial charge in [0.05, 0.1) is 12.7 Å². The monoisotopic (exact) mass is 184 g/mol. The van der Waals surface area contributed by atoms with Gasteiger partial charge in [0.1, 0.15) is 0 Å². The molecule has 0 aliphatic heterocycles. The maximum atomic E-state index is 10.8. The number of hydrogen-bond donors (Lipinski definition) is 2. The van der Waals surface area contributed by atoms with E-state index in [1.165, 1.54) is 6.07 Å². The molecule has 1 rings (SSSR count). The van der Waals surface area contributed by atoms with E-state index < -0.39 is 11.2 Å². The van der Waals surface area contributed by atoms with Crippen LogP contribution in [0.5, 0.6) is 5.88 Å². The number of aromatic nitrogens is 2. The molecule has 0 aliphatic carbocycles. The number of ether oxygens (including phenoxy) is 1. The molecule has 13 heavy (non-hydrogen) atoms. The van der Waals surface area contributed by atoms with Crippen molar-refractivity contribution < 1.29 is 4.74 Å². The zero-order valence-electron chi connectivity index (χ0n) is 7.59. The van der Waals surface area contributed by atoms with E-state index in [4.69, 9.17) is 4.74 Å². The Balaban J connectivity index is 2.78. The van der Waals surface area contributed by atoms with E-state index in [1.54, 1.807) is 0 Å². The maximum Gasteiger partial charge on any atom is 0.328 e. The number of H-pyrrole nitrogens is 2. The molecule has 0 fully saturated rings. The van der Waals surface area contributed by atoms with Crippen LogP contribution in [0.1, 0.15) is 13.8 Å². The Kier molecular flexibility index (Phi) is 2.89. The molecule has 1 aromatic heterocycles. The van der Waals surface area contributed by atoms with Gasteiger partial charge in [-0.15, -0.1) is 0 Å². The fraction of sp³-hybridized carbons (Fsp3) is 0.500. The standard InChI is InChI=1S/C8H12N2O3/c1-5(2)4-13-7-3-6(11)9-8(12)10-7/h3,5H,4H2,1-2H3,(H2,9,10,11,12). The van der Waals surface area contributed by atoms with Gasteiger partial charge in [0, 0.05) is 0 Å². The highest BCUT2D eigenvalue weighted by atomic mass is 16.5. The molecular formula is C8H12N2O3. The summed E-state index contributed by atoms with van der Waals surface area (Å²) in [6.07, 6.45) is 0. The highest BCUT2D eigenvalue weighted by molar-refractivity contribution is 5.04. The first-order chi connectivity index (χ1) is 6.08. The van der Waals surface area contributed by atoms with E-state index in [-0.39, 0.29) is 5.88 Å². The van der Waals surface area contributed by atoms with Gasteiger partial charge in [-0.05, 0) is 5.92 Å². The third kappa shape index (κ3) is 3.14. The molecular weight excluding hydrogens is 172 g/mol. The largest absolute Gasteiger partial charge is 0.478 e. The van der Waals surface area contributed by atoms with Crippen LogP contribution in [-0.2, 0) is 0 Å². The van der Waals surface area contributed by atoms with Crippen molar-refractivity contribution in [3.63, 3.8) is 0 Å². The van der Waals surface area contributed by atoms with Gasteiger partial charge in [0.25, 0.3) is 5.56 Å². The van der Waals surface area contributed by atoms with Crippen LogP contribution < -0.4 is 16.0 Å². The number of hydrogen-bond acceptors (Lipinski definition) is 3. The molecule has 0 aliphatic rings. The maximum absolute atomic E-state index is 10.8. The third-order valence-electron chi connectivity index (χ3n) is 1.31. The third-order valence-corrected chi connectivity index (χ3v) is 1.31. The summed E-state index contributed by atoms with van der Waals surface area (Å²) >= 11 is 0. The summed E-state index contributed by atoms with van der Waals surface area (Å²) in [5.74, 6) is 0.560. The predicted molar refractivity (Wildman–Crippen MR) is 48.0 cm³/mol. The highest BCUT2D eigenvalue weighted by Crippen LogP contribution is 2.00. The van der Waals surface area contributed by atoms with Crippen LogP contribution in [0.2, 0.25) is 0 Å². The molecule has 0 saturated heterocycles. The van der Waals surface area contributed by atoms with Gasteiger partial charge in [-0.25, -0.2) is 4.79 Å². The van der Waals surface area contributed by atoms with Crippen molar-refractivity contribution in [2.45, 2.75) is 13.8 Å². The van der Waals surface area contributed by atoms with Crippen LogP contribution in [0.15, 0.2) is 15.7 Å². The lowest BCUT2D eigenvalue weighted by Gasteiger charge is -2.06. The smallest absolute Gasteiger partial charge is 0.328 e.